The third-order valence-electron chi connectivity index (χ3n) is 4.73. The van der Waals surface area contributed by atoms with Crippen LogP contribution in [0.1, 0.15) is 11.7 Å². The molecule has 0 radical (unpaired) electrons. The zero-order chi connectivity index (χ0) is 22.1. The van der Waals surface area contributed by atoms with Crippen LogP contribution in [0.3, 0.4) is 0 Å². The van der Waals surface area contributed by atoms with Gasteiger partial charge < -0.3 is 15.2 Å². The molecule has 10 nitrogen and oxygen atoms in total. The smallest absolute Gasteiger partial charge is 0.325 e. The summed E-state index contributed by atoms with van der Waals surface area (Å²) in [6, 6.07) is 9.92. The summed E-state index contributed by atoms with van der Waals surface area (Å²) < 4.78 is 6.62. The SMILES string of the molecule is C=CCSc1n[n+]2c(c(=O)[nH]1)-c1ccccc1N[C@H]2c1cc(OC)c(O)c([N+](=O)[O-])c1. The molecule has 1 aliphatic rings. The van der Waals surface area contributed by atoms with E-state index in [2.05, 4.69) is 22.0 Å². The molecule has 1 aromatic heterocycles. The van der Waals surface area contributed by atoms with E-state index in [1.165, 1.54) is 35.7 Å². The van der Waals surface area contributed by atoms with Crippen molar-refractivity contribution in [2.45, 2.75) is 11.3 Å². The summed E-state index contributed by atoms with van der Waals surface area (Å²) in [6.45, 7) is 3.67. The number of nitro groups is 1. The molecule has 2 heterocycles. The number of phenols is 1. The molecule has 0 bridgehead atoms. The van der Waals surface area contributed by atoms with E-state index in [1.54, 1.807) is 24.3 Å². The van der Waals surface area contributed by atoms with E-state index < -0.39 is 22.5 Å². The predicted octanol–water partition coefficient (Wildman–Crippen LogP) is 2.60. The van der Waals surface area contributed by atoms with Crippen LogP contribution in [-0.4, -0.2) is 33.0 Å². The number of thioether (sulfide) groups is 1. The van der Waals surface area contributed by atoms with Gasteiger partial charge in [-0.1, -0.05) is 30.0 Å². The third-order valence-corrected chi connectivity index (χ3v) is 5.59. The second kappa shape index (κ2) is 8.11. The fourth-order valence-electron chi connectivity index (χ4n) is 3.38. The maximum absolute atomic E-state index is 13.0. The number of methoxy groups -OCH3 is 1. The Morgan fingerprint density at radius 1 is 1.42 bits per heavy atom. The van der Waals surface area contributed by atoms with Crippen molar-refractivity contribution < 1.29 is 19.4 Å². The van der Waals surface area contributed by atoms with Crippen LogP contribution in [0.15, 0.2) is 59.0 Å². The number of benzene rings is 2. The number of fused-ring (bicyclic) bond motifs is 3. The Kier molecular flexibility index (Phi) is 5.34. The number of nitro benzene ring substituents is 1. The quantitative estimate of drug-likeness (QED) is 0.175. The average Bonchev–Trinajstić information content (AvgIpc) is 2.76. The molecule has 158 valence electrons. The molecule has 1 aliphatic heterocycles. The number of rotatable bonds is 6. The van der Waals surface area contributed by atoms with Gasteiger partial charge in [0.25, 0.3) is 6.17 Å². The van der Waals surface area contributed by atoms with Crippen LogP contribution in [-0.2, 0) is 0 Å². The molecule has 0 saturated carbocycles. The highest BCUT2D eigenvalue weighted by Crippen LogP contribution is 2.40. The number of H-pyrrole nitrogens is 1. The first-order chi connectivity index (χ1) is 14.9. The van der Waals surface area contributed by atoms with E-state index in [1.807, 2.05) is 6.07 Å². The molecule has 3 aromatic rings. The van der Waals surface area contributed by atoms with Gasteiger partial charge in [0.1, 0.15) is 0 Å². The van der Waals surface area contributed by atoms with Crippen molar-refractivity contribution in [3.63, 3.8) is 0 Å². The van der Waals surface area contributed by atoms with Gasteiger partial charge in [0, 0.05) is 16.9 Å². The first-order valence-corrected chi connectivity index (χ1v) is 10.1. The number of aromatic amines is 1. The van der Waals surface area contributed by atoms with Crippen molar-refractivity contribution in [1.29, 1.82) is 0 Å². The second-order valence-electron chi connectivity index (χ2n) is 6.59. The second-order valence-corrected chi connectivity index (χ2v) is 7.60. The van der Waals surface area contributed by atoms with Crippen LogP contribution in [0.2, 0.25) is 0 Å². The standard InChI is InChI=1S/C20H17N5O5S/c1-3-8-31-20-22-19(27)16-12-6-4-5-7-13(12)21-18(24(16)23-20)11-9-14(25(28)29)17(26)15(10-11)30-2/h3-7,9-10,18H,1,8H2,2H3,(H2,22,23,26,27)/p+1/t18-/m1/s1. The van der Waals surface area contributed by atoms with Crippen molar-refractivity contribution >= 4 is 23.1 Å². The van der Waals surface area contributed by atoms with Gasteiger partial charge in [-0.15, -0.1) is 6.58 Å². The molecule has 0 spiro atoms. The minimum Gasteiger partial charge on any atom is -0.500 e. The Morgan fingerprint density at radius 3 is 2.90 bits per heavy atom. The Balaban J connectivity index is 1.96. The Bertz CT molecular complexity index is 1260. The zero-order valence-electron chi connectivity index (χ0n) is 16.4. The monoisotopic (exact) mass is 440 g/mol. The van der Waals surface area contributed by atoms with Crippen molar-refractivity contribution in [3.05, 3.63) is 75.1 Å². The fraction of sp³-hybridized carbons (Fsp3) is 0.150. The van der Waals surface area contributed by atoms with E-state index in [0.29, 0.717) is 33.4 Å². The molecule has 31 heavy (non-hydrogen) atoms. The van der Waals surface area contributed by atoms with Gasteiger partial charge in [0.15, 0.2) is 5.75 Å². The number of nitrogens with zero attached hydrogens (tertiary/aromatic N) is 3. The topological polar surface area (TPSA) is 134 Å². The lowest BCUT2D eigenvalue weighted by Crippen LogP contribution is -2.55. The normalized spacial score (nSPS) is 14.2. The molecule has 0 fully saturated rings. The Labute approximate surface area is 180 Å². The summed E-state index contributed by atoms with van der Waals surface area (Å²) in [5.74, 6) is -0.0907. The number of hydrogen-bond donors (Lipinski definition) is 3. The summed E-state index contributed by atoms with van der Waals surface area (Å²) in [5, 5.41) is 29.8. The number of nitrogens with one attached hydrogen (secondary N) is 2. The van der Waals surface area contributed by atoms with E-state index >= 15 is 0 Å². The number of ether oxygens (including phenoxy) is 1. The van der Waals surface area contributed by atoms with Crippen LogP contribution < -0.4 is 20.3 Å². The molecule has 11 heteroatoms. The van der Waals surface area contributed by atoms with Gasteiger partial charge in [0.2, 0.25) is 10.9 Å². The molecule has 0 amide bonds. The first-order valence-electron chi connectivity index (χ1n) is 9.15. The molecule has 0 unspecified atom stereocenters. The zero-order valence-corrected chi connectivity index (χ0v) is 17.2. The lowest BCUT2D eigenvalue weighted by molar-refractivity contribution is -0.759. The van der Waals surface area contributed by atoms with Crippen LogP contribution in [0.4, 0.5) is 11.4 Å². The van der Waals surface area contributed by atoms with Crippen molar-refractivity contribution in [1.82, 2.24) is 10.1 Å². The molecule has 1 atom stereocenters. The molecular formula is C20H18N5O5S+. The van der Waals surface area contributed by atoms with E-state index in [-0.39, 0.29) is 11.3 Å². The summed E-state index contributed by atoms with van der Waals surface area (Å²) >= 11 is 1.30. The van der Waals surface area contributed by atoms with Gasteiger partial charge in [-0.3, -0.25) is 19.9 Å². The Hall–Kier alpha value is -3.86. The minimum atomic E-state index is -0.761. The number of anilines is 1. The number of aromatic nitrogens is 3. The summed E-state index contributed by atoms with van der Waals surface area (Å²) in [6.07, 6.45) is 0.928. The van der Waals surface area contributed by atoms with Crippen LogP contribution >= 0.6 is 11.8 Å². The lowest BCUT2D eigenvalue weighted by Gasteiger charge is -2.22. The van der Waals surface area contributed by atoms with Gasteiger partial charge in [-0.05, 0) is 22.9 Å². The van der Waals surface area contributed by atoms with Gasteiger partial charge in [-0.2, -0.15) is 0 Å². The van der Waals surface area contributed by atoms with Crippen molar-refractivity contribution in [2.75, 3.05) is 18.2 Å². The van der Waals surface area contributed by atoms with Gasteiger partial charge >= 0.3 is 16.9 Å². The molecule has 0 aliphatic carbocycles. The van der Waals surface area contributed by atoms with Crippen molar-refractivity contribution in [3.8, 4) is 22.8 Å². The maximum Gasteiger partial charge on any atom is 0.325 e. The van der Waals surface area contributed by atoms with E-state index in [9.17, 15) is 20.0 Å². The predicted molar refractivity (Wildman–Crippen MR) is 114 cm³/mol. The summed E-state index contributed by atoms with van der Waals surface area (Å²) in [4.78, 5) is 26.5. The van der Waals surface area contributed by atoms with Crippen LogP contribution in [0, 0.1) is 10.1 Å². The number of hydrogen-bond acceptors (Lipinski definition) is 8. The average molecular weight is 440 g/mol. The van der Waals surface area contributed by atoms with E-state index in [0.717, 1.165) is 0 Å². The fourth-order valence-corrected chi connectivity index (χ4v) is 3.97. The largest absolute Gasteiger partial charge is 0.500 e. The van der Waals surface area contributed by atoms with Crippen LogP contribution in [0.25, 0.3) is 11.3 Å². The van der Waals surface area contributed by atoms with E-state index in [4.69, 9.17) is 4.74 Å². The highest BCUT2D eigenvalue weighted by molar-refractivity contribution is 7.99. The van der Waals surface area contributed by atoms with Crippen LogP contribution in [0.5, 0.6) is 11.5 Å². The summed E-state index contributed by atoms with van der Waals surface area (Å²) in [5.41, 5.74) is 1.15. The maximum atomic E-state index is 13.0. The highest BCUT2D eigenvalue weighted by atomic mass is 32.2. The molecule has 0 saturated heterocycles. The third kappa shape index (κ3) is 3.59. The van der Waals surface area contributed by atoms with Crippen molar-refractivity contribution in [2.24, 2.45) is 0 Å². The van der Waals surface area contributed by atoms with Gasteiger partial charge in [0.05, 0.1) is 28.8 Å². The first kappa shape index (κ1) is 20.4. The lowest BCUT2D eigenvalue weighted by atomic mass is 10.0. The molecule has 2 aromatic carbocycles. The molecule has 4 rings (SSSR count). The summed E-state index contributed by atoms with van der Waals surface area (Å²) in [7, 11) is 1.31. The molecular weight excluding hydrogens is 422 g/mol. The number of para-hydroxylation sites is 1. The number of phenolic OH excluding ortho intramolecular Hbond substituents is 1. The highest BCUT2D eigenvalue weighted by Gasteiger charge is 2.39. The number of aromatic hydroxyl groups is 1. The molecule has 3 N–H and O–H groups in total. The van der Waals surface area contributed by atoms with Gasteiger partial charge in [-0.25, -0.2) is 0 Å². The minimum absolute atomic E-state index is 0.0573. The Morgan fingerprint density at radius 2 is 2.19 bits per heavy atom.